The summed E-state index contributed by atoms with van der Waals surface area (Å²) in [6.45, 7) is 8.11. The van der Waals surface area contributed by atoms with Crippen molar-refractivity contribution in [3.05, 3.63) is 35.7 Å². The number of thioether (sulfide) groups is 1. The molecular formula is C16H23N5OS. The molecule has 1 heterocycles. The summed E-state index contributed by atoms with van der Waals surface area (Å²) in [7, 11) is 0. The van der Waals surface area contributed by atoms with Crippen molar-refractivity contribution in [1.82, 2.24) is 14.9 Å². The van der Waals surface area contributed by atoms with E-state index >= 15 is 0 Å². The zero-order chi connectivity index (χ0) is 17.0. The number of nitrogens with one attached hydrogen (secondary N) is 1. The molecule has 7 heteroatoms. The van der Waals surface area contributed by atoms with E-state index in [4.69, 9.17) is 5.84 Å². The second-order valence-electron chi connectivity index (χ2n) is 6.27. The highest BCUT2D eigenvalue weighted by Gasteiger charge is 2.23. The number of para-hydroxylation sites is 1. The second kappa shape index (κ2) is 7.04. The van der Waals surface area contributed by atoms with Crippen LogP contribution in [0.2, 0.25) is 0 Å². The van der Waals surface area contributed by atoms with Gasteiger partial charge in [0.2, 0.25) is 11.1 Å². The Balaban J connectivity index is 1.99. The average Bonchev–Trinajstić information content (AvgIpc) is 2.87. The molecule has 3 N–H and O–H groups in total. The van der Waals surface area contributed by atoms with Crippen molar-refractivity contribution in [2.24, 2.45) is 0 Å². The van der Waals surface area contributed by atoms with E-state index in [-0.39, 0.29) is 17.1 Å². The highest BCUT2D eigenvalue weighted by molar-refractivity contribution is 7.99. The predicted octanol–water partition coefficient (Wildman–Crippen LogP) is 2.58. The highest BCUT2D eigenvalue weighted by Crippen LogP contribution is 2.23. The molecule has 0 aliphatic heterocycles. The summed E-state index contributed by atoms with van der Waals surface area (Å²) in [5.74, 6) is 6.85. The van der Waals surface area contributed by atoms with Crippen LogP contribution in [0.25, 0.3) is 0 Å². The van der Waals surface area contributed by atoms with Crippen LogP contribution in [0.3, 0.4) is 0 Å². The van der Waals surface area contributed by atoms with Crippen molar-refractivity contribution in [2.45, 2.75) is 44.7 Å². The molecule has 0 radical (unpaired) electrons. The van der Waals surface area contributed by atoms with Crippen molar-refractivity contribution in [2.75, 3.05) is 16.9 Å². The summed E-state index contributed by atoms with van der Waals surface area (Å²) in [4.78, 5) is 12.1. The lowest BCUT2D eigenvalue weighted by molar-refractivity contribution is -0.113. The number of nitrogens with two attached hydrogens (primary N) is 1. The van der Waals surface area contributed by atoms with Crippen molar-refractivity contribution >= 4 is 23.4 Å². The Bertz CT molecular complexity index is 690. The number of benzene rings is 1. The third-order valence-electron chi connectivity index (χ3n) is 3.34. The SMILES string of the molecule is CCc1ccccc1NC(=O)CSc1nnc(C(C)(C)C)n1N. The Hall–Kier alpha value is -2.02. The topological polar surface area (TPSA) is 85.8 Å². The molecule has 0 atom stereocenters. The van der Waals surface area contributed by atoms with E-state index in [0.29, 0.717) is 11.0 Å². The number of nitrogen functional groups attached to an aromatic ring is 1. The molecule has 1 aromatic carbocycles. The van der Waals surface area contributed by atoms with Gasteiger partial charge in [-0.1, -0.05) is 57.7 Å². The molecule has 1 amide bonds. The van der Waals surface area contributed by atoms with Gasteiger partial charge in [-0.2, -0.15) is 0 Å². The molecule has 0 fully saturated rings. The van der Waals surface area contributed by atoms with E-state index in [0.717, 1.165) is 17.7 Å². The largest absolute Gasteiger partial charge is 0.336 e. The normalized spacial score (nSPS) is 11.5. The van der Waals surface area contributed by atoms with E-state index in [1.807, 2.05) is 45.0 Å². The van der Waals surface area contributed by atoms with E-state index < -0.39 is 0 Å². The van der Waals surface area contributed by atoms with Crippen LogP contribution in [-0.2, 0) is 16.6 Å². The molecule has 124 valence electrons. The molecule has 0 unspecified atom stereocenters. The maximum Gasteiger partial charge on any atom is 0.234 e. The standard InChI is InChI=1S/C16H23N5OS/c1-5-11-8-6-7-9-12(11)18-13(22)10-23-15-20-19-14(21(15)17)16(2,3)4/h6-9H,5,10,17H2,1-4H3,(H,18,22). The van der Waals surface area contributed by atoms with Gasteiger partial charge in [-0.3, -0.25) is 4.79 Å². The molecular weight excluding hydrogens is 310 g/mol. The fourth-order valence-electron chi connectivity index (χ4n) is 2.15. The van der Waals surface area contributed by atoms with Crippen molar-refractivity contribution in [1.29, 1.82) is 0 Å². The lowest BCUT2D eigenvalue weighted by Gasteiger charge is -2.16. The first-order chi connectivity index (χ1) is 10.8. The predicted molar refractivity (Wildman–Crippen MR) is 94.0 cm³/mol. The Morgan fingerprint density at radius 2 is 2.00 bits per heavy atom. The first kappa shape index (κ1) is 17.3. The number of hydrogen-bond acceptors (Lipinski definition) is 5. The Labute approximate surface area is 140 Å². The van der Waals surface area contributed by atoms with Crippen LogP contribution in [0.1, 0.15) is 39.1 Å². The van der Waals surface area contributed by atoms with Gasteiger partial charge in [-0.05, 0) is 18.1 Å². The Morgan fingerprint density at radius 3 is 2.61 bits per heavy atom. The number of anilines is 1. The second-order valence-corrected chi connectivity index (χ2v) is 7.22. The van der Waals surface area contributed by atoms with Gasteiger partial charge in [0.25, 0.3) is 0 Å². The number of nitrogens with zero attached hydrogens (tertiary/aromatic N) is 3. The maximum atomic E-state index is 12.1. The van der Waals surface area contributed by atoms with Crippen LogP contribution in [0.4, 0.5) is 5.69 Å². The molecule has 2 aromatic rings. The Kier molecular flexibility index (Phi) is 5.30. The molecule has 0 aliphatic carbocycles. The average molecular weight is 333 g/mol. The van der Waals surface area contributed by atoms with Crippen LogP contribution in [0.5, 0.6) is 0 Å². The van der Waals surface area contributed by atoms with Crippen molar-refractivity contribution in [3.8, 4) is 0 Å². The molecule has 2 rings (SSSR count). The number of carbonyl (C=O) groups excluding carboxylic acids is 1. The first-order valence-electron chi connectivity index (χ1n) is 7.54. The summed E-state index contributed by atoms with van der Waals surface area (Å²) < 4.78 is 1.46. The van der Waals surface area contributed by atoms with Gasteiger partial charge in [-0.15, -0.1) is 10.2 Å². The molecule has 0 saturated heterocycles. The number of aromatic nitrogens is 3. The van der Waals surface area contributed by atoms with Gasteiger partial charge in [0.1, 0.15) is 0 Å². The smallest absolute Gasteiger partial charge is 0.234 e. The maximum absolute atomic E-state index is 12.1. The van der Waals surface area contributed by atoms with Gasteiger partial charge in [0.15, 0.2) is 5.82 Å². The van der Waals surface area contributed by atoms with Gasteiger partial charge in [-0.25, -0.2) is 4.68 Å². The van der Waals surface area contributed by atoms with Gasteiger partial charge >= 0.3 is 0 Å². The minimum absolute atomic E-state index is 0.0868. The van der Waals surface area contributed by atoms with E-state index in [2.05, 4.69) is 22.4 Å². The fraction of sp³-hybridized carbons (Fsp3) is 0.438. The summed E-state index contributed by atoms with van der Waals surface area (Å²) in [5, 5.41) is 11.6. The summed E-state index contributed by atoms with van der Waals surface area (Å²) in [6.07, 6.45) is 0.871. The molecule has 1 aromatic heterocycles. The van der Waals surface area contributed by atoms with Crippen molar-refractivity contribution < 1.29 is 4.79 Å². The number of aryl methyl sites for hydroxylation is 1. The van der Waals surface area contributed by atoms with Crippen LogP contribution in [-0.4, -0.2) is 26.5 Å². The minimum Gasteiger partial charge on any atom is -0.336 e. The molecule has 0 aliphatic rings. The molecule has 0 spiro atoms. The molecule has 6 nitrogen and oxygen atoms in total. The molecule has 0 bridgehead atoms. The minimum atomic E-state index is -0.192. The van der Waals surface area contributed by atoms with Crippen LogP contribution in [0.15, 0.2) is 29.4 Å². The lowest BCUT2D eigenvalue weighted by Crippen LogP contribution is -2.24. The van der Waals surface area contributed by atoms with Crippen LogP contribution < -0.4 is 11.2 Å². The number of amides is 1. The monoisotopic (exact) mass is 333 g/mol. The lowest BCUT2D eigenvalue weighted by atomic mass is 9.96. The molecule has 0 saturated carbocycles. The zero-order valence-electron chi connectivity index (χ0n) is 14.0. The van der Waals surface area contributed by atoms with E-state index in [1.165, 1.54) is 16.4 Å². The Morgan fingerprint density at radius 1 is 1.30 bits per heavy atom. The van der Waals surface area contributed by atoms with Gasteiger partial charge in [0.05, 0.1) is 5.75 Å². The fourth-order valence-corrected chi connectivity index (χ4v) is 2.81. The van der Waals surface area contributed by atoms with Crippen LogP contribution in [0, 0.1) is 0 Å². The highest BCUT2D eigenvalue weighted by atomic mass is 32.2. The zero-order valence-corrected chi connectivity index (χ0v) is 14.8. The summed E-state index contributed by atoms with van der Waals surface area (Å²) in [6, 6.07) is 7.79. The van der Waals surface area contributed by atoms with E-state index in [9.17, 15) is 4.79 Å². The quantitative estimate of drug-likeness (QED) is 0.649. The summed E-state index contributed by atoms with van der Waals surface area (Å²) in [5.41, 5.74) is 1.77. The number of hydrogen-bond donors (Lipinski definition) is 2. The van der Waals surface area contributed by atoms with Gasteiger partial charge < -0.3 is 11.2 Å². The number of carbonyl (C=O) groups is 1. The first-order valence-corrected chi connectivity index (χ1v) is 8.53. The summed E-state index contributed by atoms with van der Waals surface area (Å²) >= 11 is 1.28. The van der Waals surface area contributed by atoms with Crippen molar-refractivity contribution in [3.63, 3.8) is 0 Å². The molecule has 23 heavy (non-hydrogen) atoms. The van der Waals surface area contributed by atoms with Gasteiger partial charge in [0, 0.05) is 11.1 Å². The number of rotatable bonds is 5. The third-order valence-corrected chi connectivity index (χ3v) is 4.28. The third kappa shape index (κ3) is 4.25. The van der Waals surface area contributed by atoms with Crippen LogP contribution >= 0.6 is 11.8 Å². The van der Waals surface area contributed by atoms with E-state index in [1.54, 1.807) is 0 Å².